The third-order valence-electron chi connectivity index (χ3n) is 4.39. The van der Waals surface area contributed by atoms with E-state index in [9.17, 15) is 13.6 Å². The predicted octanol–water partition coefficient (Wildman–Crippen LogP) is 3.49. The van der Waals surface area contributed by atoms with E-state index >= 15 is 0 Å². The number of halogens is 1. The van der Waals surface area contributed by atoms with Crippen molar-refractivity contribution in [2.24, 2.45) is 0 Å². The lowest BCUT2D eigenvalue weighted by Gasteiger charge is -2.36. The summed E-state index contributed by atoms with van der Waals surface area (Å²) in [6.45, 7) is 0.622. The molecule has 0 saturated carbocycles. The van der Waals surface area contributed by atoms with Gasteiger partial charge in [-0.1, -0.05) is 29.8 Å². The van der Waals surface area contributed by atoms with Crippen molar-refractivity contribution in [2.45, 2.75) is 18.9 Å². The van der Waals surface area contributed by atoms with Crippen LogP contribution in [0.1, 0.15) is 12.8 Å². The number of likely N-dealkylation sites (tertiary alicyclic amines) is 1. The first-order valence-corrected chi connectivity index (χ1v) is 9.51. The monoisotopic (exact) mass is 395 g/mol. The molecule has 1 aliphatic rings. The van der Waals surface area contributed by atoms with Crippen LogP contribution in [0.15, 0.2) is 42.6 Å². The number of nitrogens with zero attached hydrogens (tertiary/aromatic N) is 3. The number of aromatic nitrogens is 1. The summed E-state index contributed by atoms with van der Waals surface area (Å²) in [7, 11) is 0. The number of rotatable bonds is 4. The largest absolute Gasteiger partial charge is 0.465 e. The van der Waals surface area contributed by atoms with Crippen LogP contribution in [0.4, 0.5) is 10.5 Å². The Labute approximate surface area is 158 Å². The maximum atomic E-state index is 12.0. The number of carbonyl (C=O) groups is 1. The van der Waals surface area contributed by atoms with E-state index in [0.717, 1.165) is 0 Å². The summed E-state index contributed by atoms with van der Waals surface area (Å²) in [6.07, 6.45) is 1.57. The summed E-state index contributed by atoms with van der Waals surface area (Å²) >= 11 is 4.26. The second-order valence-corrected chi connectivity index (χ2v) is 7.14. The minimum Gasteiger partial charge on any atom is -0.465 e. The molecule has 2 aromatic rings. The molecule has 26 heavy (non-hydrogen) atoms. The van der Waals surface area contributed by atoms with Crippen molar-refractivity contribution in [1.82, 2.24) is 9.88 Å². The van der Waals surface area contributed by atoms with E-state index in [0.29, 0.717) is 47.9 Å². The van der Waals surface area contributed by atoms with Crippen molar-refractivity contribution in [2.75, 3.05) is 17.4 Å². The van der Waals surface area contributed by atoms with Crippen LogP contribution in [0.2, 0.25) is 5.02 Å². The molecule has 0 aliphatic carbocycles. The Bertz CT molecular complexity index is 813. The van der Waals surface area contributed by atoms with Crippen LogP contribution in [0, 0.1) is 0 Å². The first kappa shape index (κ1) is 18.6. The van der Waals surface area contributed by atoms with Gasteiger partial charge in [0.05, 0.1) is 16.4 Å². The second kappa shape index (κ2) is 8.03. The maximum Gasteiger partial charge on any atom is 0.407 e. The van der Waals surface area contributed by atoms with Gasteiger partial charge in [-0.2, -0.15) is 0 Å². The highest BCUT2D eigenvalue weighted by Crippen LogP contribution is 2.37. The summed E-state index contributed by atoms with van der Waals surface area (Å²) in [4.78, 5) is 16.7. The molecular weight excluding hydrogens is 378 g/mol. The minimum absolute atomic E-state index is 0.284. The van der Waals surface area contributed by atoms with Gasteiger partial charge in [0.1, 0.15) is 0 Å². The summed E-state index contributed by atoms with van der Waals surface area (Å²) < 4.78 is 23.3. The highest BCUT2D eigenvalue weighted by atomic mass is 35.5. The van der Waals surface area contributed by atoms with Crippen molar-refractivity contribution in [3.63, 3.8) is 0 Å². The van der Waals surface area contributed by atoms with Crippen LogP contribution in [-0.4, -0.2) is 49.0 Å². The summed E-state index contributed by atoms with van der Waals surface area (Å²) in [5.41, 5.74) is 1.77. The number of carboxylic acid groups (broad SMARTS) is 1. The van der Waals surface area contributed by atoms with E-state index in [1.807, 2.05) is 12.1 Å². The Morgan fingerprint density at radius 3 is 2.54 bits per heavy atom. The fourth-order valence-corrected chi connectivity index (χ4v) is 4.26. The van der Waals surface area contributed by atoms with Gasteiger partial charge in [-0.05, 0) is 31.0 Å². The molecule has 1 fully saturated rings. The zero-order chi connectivity index (χ0) is 18.7. The van der Waals surface area contributed by atoms with Gasteiger partial charge in [-0.3, -0.25) is 13.8 Å². The Hall–Kier alpha value is -2.16. The van der Waals surface area contributed by atoms with Crippen LogP contribution >= 0.6 is 11.6 Å². The molecule has 1 aromatic heterocycles. The molecule has 138 valence electrons. The van der Waals surface area contributed by atoms with Crippen LogP contribution in [-0.2, 0) is 11.3 Å². The van der Waals surface area contributed by atoms with Crippen molar-refractivity contribution in [3.8, 4) is 11.3 Å². The van der Waals surface area contributed by atoms with Crippen molar-refractivity contribution >= 4 is 34.6 Å². The molecular formula is C17H18ClN3O4S. The number of pyridine rings is 1. The average Bonchev–Trinajstić information content (AvgIpc) is 2.64. The topological polar surface area (TPSA) is 94.0 Å². The van der Waals surface area contributed by atoms with Gasteiger partial charge < -0.3 is 10.0 Å². The Kier molecular flexibility index (Phi) is 5.75. The molecule has 1 atom stereocenters. The number of anilines is 1. The van der Waals surface area contributed by atoms with Gasteiger partial charge in [0, 0.05) is 30.9 Å². The average molecular weight is 396 g/mol. The zero-order valence-electron chi connectivity index (χ0n) is 13.8. The van der Waals surface area contributed by atoms with E-state index in [-0.39, 0.29) is 6.04 Å². The Morgan fingerprint density at radius 1 is 1.23 bits per heavy atom. The number of hydrogen-bond donors (Lipinski definition) is 2. The van der Waals surface area contributed by atoms with E-state index in [4.69, 9.17) is 16.7 Å². The lowest BCUT2D eigenvalue weighted by atomic mass is 10.0. The first-order valence-electron chi connectivity index (χ1n) is 8.07. The predicted molar refractivity (Wildman–Crippen MR) is 101 cm³/mol. The molecule has 3 rings (SSSR count). The molecule has 1 saturated heterocycles. The molecule has 7 nitrogen and oxygen atoms in total. The molecule has 2 N–H and O–H groups in total. The summed E-state index contributed by atoms with van der Waals surface area (Å²) in [5, 5.41) is 9.41. The molecule has 1 unspecified atom stereocenters. The summed E-state index contributed by atoms with van der Waals surface area (Å²) in [6, 6.07) is 10.4. The Morgan fingerprint density at radius 2 is 1.96 bits per heavy atom. The lowest BCUT2D eigenvalue weighted by Crippen LogP contribution is -2.47. The van der Waals surface area contributed by atoms with E-state index in [1.165, 1.54) is 9.21 Å². The van der Waals surface area contributed by atoms with E-state index in [1.54, 1.807) is 30.5 Å². The fourth-order valence-electron chi connectivity index (χ4n) is 3.11. The van der Waals surface area contributed by atoms with Gasteiger partial charge in [0.15, 0.2) is 0 Å². The fraction of sp³-hybridized carbons (Fsp3) is 0.294. The van der Waals surface area contributed by atoms with Crippen molar-refractivity contribution < 1.29 is 18.7 Å². The molecule has 0 spiro atoms. The third-order valence-corrected chi connectivity index (χ3v) is 5.62. The molecule has 0 radical (unpaired) electrons. The third kappa shape index (κ3) is 3.82. The maximum absolute atomic E-state index is 12.0. The van der Waals surface area contributed by atoms with Gasteiger partial charge in [0.25, 0.3) is 11.3 Å². The second-order valence-electron chi connectivity index (χ2n) is 5.91. The van der Waals surface area contributed by atoms with Gasteiger partial charge in [-0.15, -0.1) is 0 Å². The number of benzene rings is 1. The molecule has 1 aliphatic heterocycles. The first-order chi connectivity index (χ1) is 12.5. The molecule has 2 heterocycles. The van der Waals surface area contributed by atoms with Crippen LogP contribution < -0.4 is 4.31 Å². The zero-order valence-corrected chi connectivity index (χ0v) is 15.4. The number of piperidine rings is 1. The smallest absolute Gasteiger partial charge is 0.407 e. The molecule has 1 amide bonds. The van der Waals surface area contributed by atoms with Crippen molar-refractivity contribution in [1.29, 1.82) is 0 Å². The SMILES string of the molecule is O=C(O)N1CCC(N(c2cccc(-c3ccccn3)c2Cl)S(=O)O)CC1. The van der Waals surface area contributed by atoms with Crippen LogP contribution in [0.25, 0.3) is 11.3 Å². The van der Waals surface area contributed by atoms with Crippen molar-refractivity contribution in [3.05, 3.63) is 47.6 Å². The number of amides is 1. The standard InChI is InChI=1S/C17H18ClN3O4S/c18-16-13(14-5-1-2-9-19-14)4-3-6-15(16)21(26(24)25)12-7-10-20(11-8-12)17(22)23/h1-6,9,12H,7-8,10-11H2,(H,22,23)(H,24,25). The van der Waals surface area contributed by atoms with E-state index in [2.05, 4.69) is 4.98 Å². The summed E-state index contributed by atoms with van der Waals surface area (Å²) in [5.74, 6) is 0. The minimum atomic E-state index is -2.29. The number of hydrogen-bond acceptors (Lipinski definition) is 3. The van der Waals surface area contributed by atoms with Gasteiger partial charge in [0.2, 0.25) is 0 Å². The molecule has 1 aromatic carbocycles. The van der Waals surface area contributed by atoms with Gasteiger partial charge in [-0.25, -0.2) is 9.00 Å². The van der Waals surface area contributed by atoms with Crippen LogP contribution in [0.3, 0.4) is 0 Å². The van der Waals surface area contributed by atoms with Gasteiger partial charge >= 0.3 is 6.09 Å². The normalized spacial score (nSPS) is 16.3. The highest BCUT2D eigenvalue weighted by molar-refractivity contribution is 7.80. The van der Waals surface area contributed by atoms with E-state index < -0.39 is 17.4 Å². The lowest BCUT2D eigenvalue weighted by molar-refractivity contribution is 0.133. The molecule has 9 heteroatoms. The van der Waals surface area contributed by atoms with Crippen LogP contribution in [0.5, 0.6) is 0 Å². The quantitative estimate of drug-likeness (QED) is 0.773. The molecule has 0 bridgehead atoms. The highest BCUT2D eigenvalue weighted by Gasteiger charge is 2.31. The Balaban J connectivity index is 1.92.